The number of piperidine rings is 1. The van der Waals surface area contributed by atoms with Crippen LogP contribution in [0, 0.1) is 0 Å². The van der Waals surface area contributed by atoms with Gasteiger partial charge in [0.25, 0.3) is 5.91 Å². The van der Waals surface area contributed by atoms with Gasteiger partial charge in [0.1, 0.15) is 11.6 Å². The smallest absolute Gasteiger partial charge is 0.255 e. The number of fused-ring (bicyclic) bond motifs is 1. The van der Waals surface area contributed by atoms with Gasteiger partial charge in [-0.3, -0.25) is 4.79 Å². The Morgan fingerprint density at radius 3 is 2.70 bits per heavy atom. The van der Waals surface area contributed by atoms with Gasteiger partial charge in [0.2, 0.25) is 0 Å². The van der Waals surface area contributed by atoms with Gasteiger partial charge < -0.3 is 9.80 Å². The molecule has 0 saturated carbocycles. The maximum Gasteiger partial charge on any atom is 0.255 e. The molecule has 0 unspecified atom stereocenters. The summed E-state index contributed by atoms with van der Waals surface area (Å²) in [7, 11) is 0. The minimum atomic E-state index is 0.0277. The largest absolute Gasteiger partial charge is 0.349 e. The zero-order valence-corrected chi connectivity index (χ0v) is 16.4. The number of nitrogens with zero attached hydrogens (tertiary/aromatic N) is 5. The maximum atomic E-state index is 12.7. The third-order valence-corrected chi connectivity index (χ3v) is 5.60. The summed E-state index contributed by atoms with van der Waals surface area (Å²) in [6.07, 6.45) is 8.62. The topological polar surface area (TPSA) is 62.2 Å². The second-order valence-corrected chi connectivity index (χ2v) is 7.57. The Hall–Kier alpha value is -2.21. The van der Waals surface area contributed by atoms with Crippen molar-refractivity contribution >= 4 is 23.3 Å². The lowest BCUT2D eigenvalue weighted by atomic mass is 10.1. The molecule has 4 heterocycles. The number of hydrogen-bond acceptors (Lipinski definition) is 5. The number of aryl methyl sites for hydroxylation is 1. The molecule has 0 bridgehead atoms. The molecule has 4 rings (SSSR count). The van der Waals surface area contributed by atoms with Crippen molar-refractivity contribution in [2.75, 3.05) is 24.5 Å². The summed E-state index contributed by atoms with van der Waals surface area (Å²) in [5.74, 6) is 1.60. The lowest BCUT2D eigenvalue weighted by Crippen LogP contribution is -2.36. The van der Waals surface area contributed by atoms with Gasteiger partial charge in [-0.25, -0.2) is 15.0 Å². The molecule has 0 aliphatic carbocycles. The van der Waals surface area contributed by atoms with Crippen molar-refractivity contribution in [1.29, 1.82) is 0 Å². The van der Waals surface area contributed by atoms with Gasteiger partial charge in [-0.1, -0.05) is 18.5 Å². The summed E-state index contributed by atoms with van der Waals surface area (Å²) in [6.45, 7) is 5.17. The summed E-state index contributed by atoms with van der Waals surface area (Å²) in [5, 5.41) is 0.520. The zero-order valence-electron chi connectivity index (χ0n) is 15.6. The molecule has 0 N–H and O–H groups in total. The van der Waals surface area contributed by atoms with Gasteiger partial charge in [-0.15, -0.1) is 0 Å². The highest BCUT2D eigenvalue weighted by Gasteiger charge is 2.23. The number of aromatic nitrogens is 3. The molecule has 0 spiro atoms. The molecule has 0 aromatic carbocycles. The average molecular weight is 386 g/mol. The van der Waals surface area contributed by atoms with E-state index in [1.807, 2.05) is 11.1 Å². The van der Waals surface area contributed by atoms with Gasteiger partial charge >= 0.3 is 0 Å². The first-order chi connectivity index (χ1) is 13.2. The second-order valence-electron chi connectivity index (χ2n) is 7.17. The molecule has 2 aliphatic rings. The van der Waals surface area contributed by atoms with Crippen LogP contribution in [0.15, 0.2) is 18.5 Å². The summed E-state index contributed by atoms with van der Waals surface area (Å²) in [6, 6.07) is 1.76. The molecule has 142 valence electrons. The number of rotatable bonds is 3. The van der Waals surface area contributed by atoms with Crippen molar-refractivity contribution in [3.63, 3.8) is 0 Å². The molecule has 1 saturated heterocycles. The number of likely N-dealkylation sites (tertiary alicyclic amines) is 1. The van der Waals surface area contributed by atoms with Crippen LogP contribution in [-0.2, 0) is 19.4 Å². The van der Waals surface area contributed by atoms with Crippen LogP contribution in [0.4, 0.5) is 5.82 Å². The fourth-order valence-corrected chi connectivity index (χ4v) is 4.04. The Morgan fingerprint density at radius 1 is 1.15 bits per heavy atom. The van der Waals surface area contributed by atoms with E-state index in [1.54, 1.807) is 12.3 Å². The van der Waals surface area contributed by atoms with Gasteiger partial charge in [0, 0.05) is 38.4 Å². The van der Waals surface area contributed by atoms with Crippen LogP contribution >= 0.6 is 11.6 Å². The van der Waals surface area contributed by atoms with Gasteiger partial charge in [0.05, 0.1) is 22.8 Å². The van der Waals surface area contributed by atoms with Crippen molar-refractivity contribution in [2.24, 2.45) is 0 Å². The molecule has 2 aliphatic heterocycles. The second kappa shape index (κ2) is 7.80. The fraction of sp³-hybridized carbons (Fsp3) is 0.500. The standard InChI is InChI=1S/C20H24ClN5O/c1-2-18-22-11-14-6-9-26(13-17(14)24-18)19-16(21)10-15(12-23-19)20(27)25-7-4-3-5-8-25/h10-12H,2-9,13H2,1H3. The van der Waals surface area contributed by atoms with Crippen LogP contribution < -0.4 is 4.90 Å². The minimum Gasteiger partial charge on any atom is -0.349 e. The first-order valence-corrected chi connectivity index (χ1v) is 10.1. The van der Waals surface area contributed by atoms with Crippen molar-refractivity contribution < 1.29 is 4.79 Å². The SMILES string of the molecule is CCc1ncc2c(n1)CN(c1ncc(C(=O)N3CCCCC3)cc1Cl)CC2. The molecule has 6 nitrogen and oxygen atoms in total. The third kappa shape index (κ3) is 3.76. The molecular weight excluding hydrogens is 362 g/mol. The van der Waals surface area contributed by atoms with Gasteiger partial charge in [-0.2, -0.15) is 0 Å². The van der Waals surface area contributed by atoms with Crippen LogP contribution in [0.1, 0.15) is 53.6 Å². The molecular formula is C20H24ClN5O. The van der Waals surface area contributed by atoms with E-state index in [2.05, 4.69) is 26.8 Å². The van der Waals surface area contributed by atoms with E-state index >= 15 is 0 Å². The molecule has 2 aromatic rings. The summed E-state index contributed by atoms with van der Waals surface area (Å²) < 4.78 is 0. The number of hydrogen-bond donors (Lipinski definition) is 0. The Kier molecular flexibility index (Phi) is 5.25. The maximum absolute atomic E-state index is 12.7. The van der Waals surface area contributed by atoms with Crippen LogP contribution in [0.5, 0.6) is 0 Å². The van der Waals surface area contributed by atoms with Crippen molar-refractivity contribution in [3.05, 3.63) is 46.1 Å². The first kappa shape index (κ1) is 18.2. The number of carbonyl (C=O) groups excluding carboxylic acids is 1. The quantitative estimate of drug-likeness (QED) is 0.811. The summed E-state index contributed by atoms with van der Waals surface area (Å²) in [4.78, 5) is 30.3. The van der Waals surface area contributed by atoms with Crippen molar-refractivity contribution in [2.45, 2.75) is 45.6 Å². The number of pyridine rings is 1. The fourth-order valence-electron chi connectivity index (χ4n) is 3.76. The third-order valence-electron chi connectivity index (χ3n) is 5.32. The Morgan fingerprint density at radius 2 is 1.96 bits per heavy atom. The Balaban J connectivity index is 1.53. The van der Waals surface area contributed by atoms with Crippen LogP contribution in [-0.4, -0.2) is 45.4 Å². The summed E-state index contributed by atoms with van der Waals surface area (Å²) >= 11 is 6.52. The zero-order chi connectivity index (χ0) is 18.8. The number of halogens is 1. The van der Waals surface area contributed by atoms with Crippen LogP contribution in [0.2, 0.25) is 5.02 Å². The highest BCUT2D eigenvalue weighted by Crippen LogP contribution is 2.29. The monoisotopic (exact) mass is 385 g/mol. The molecule has 7 heteroatoms. The predicted octanol–water partition coefficient (Wildman–Crippen LogP) is 3.28. The molecule has 1 amide bonds. The molecule has 0 radical (unpaired) electrons. The van der Waals surface area contributed by atoms with Gasteiger partial charge in [-0.05, 0) is 37.3 Å². The van der Waals surface area contributed by atoms with Crippen molar-refractivity contribution in [3.8, 4) is 0 Å². The lowest BCUT2D eigenvalue weighted by molar-refractivity contribution is 0.0724. The normalized spacial score (nSPS) is 17.0. The summed E-state index contributed by atoms with van der Waals surface area (Å²) in [5.41, 5.74) is 2.80. The van der Waals surface area contributed by atoms with Crippen LogP contribution in [0.25, 0.3) is 0 Å². The highest BCUT2D eigenvalue weighted by atomic mass is 35.5. The number of carbonyl (C=O) groups is 1. The Bertz CT molecular complexity index is 850. The molecule has 2 aromatic heterocycles. The van der Waals surface area contributed by atoms with E-state index in [-0.39, 0.29) is 5.91 Å². The number of amides is 1. The molecule has 27 heavy (non-hydrogen) atoms. The van der Waals surface area contributed by atoms with Crippen molar-refractivity contribution in [1.82, 2.24) is 19.9 Å². The number of anilines is 1. The highest BCUT2D eigenvalue weighted by molar-refractivity contribution is 6.33. The van der Waals surface area contributed by atoms with E-state index in [0.29, 0.717) is 22.9 Å². The van der Waals surface area contributed by atoms with E-state index in [9.17, 15) is 4.79 Å². The first-order valence-electron chi connectivity index (χ1n) is 9.69. The Labute approximate surface area is 164 Å². The molecule has 0 atom stereocenters. The average Bonchev–Trinajstić information content (AvgIpc) is 2.73. The van der Waals surface area contributed by atoms with E-state index in [4.69, 9.17) is 11.6 Å². The van der Waals surface area contributed by atoms with Crippen LogP contribution in [0.3, 0.4) is 0 Å². The lowest BCUT2D eigenvalue weighted by Gasteiger charge is -2.30. The predicted molar refractivity (Wildman–Crippen MR) is 105 cm³/mol. The van der Waals surface area contributed by atoms with E-state index < -0.39 is 0 Å². The molecule has 1 fully saturated rings. The van der Waals surface area contributed by atoms with E-state index in [1.165, 1.54) is 12.0 Å². The van der Waals surface area contributed by atoms with Gasteiger partial charge in [0.15, 0.2) is 0 Å². The van der Waals surface area contributed by atoms with E-state index in [0.717, 1.165) is 56.8 Å². The minimum absolute atomic E-state index is 0.0277.